The van der Waals surface area contributed by atoms with E-state index in [1.165, 1.54) is 0 Å². The number of hydrogen-bond donors (Lipinski definition) is 1. The van der Waals surface area contributed by atoms with Gasteiger partial charge in [-0.25, -0.2) is 0 Å². The Balaban J connectivity index is 3.07. The highest BCUT2D eigenvalue weighted by Gasteiger charge is 2.35. The highest BCUT2D eigenvalue weighted by molar-refractivity contribution is 5.66. The van der Waals surface area contributed by atoms with Crippen LogP contribution in [-0.2, 0) is 23.9 Å². The Morgan fingerprint density at radius 3 is 2.53 bits per heavy atom. The van der Waals surface area contributed by atoms with Gasteiger partial charge in [-0.15, -0.1) is 0 Å². The highest BCUT2D eigenvalue weighted by atomic mass is 19.4. The second-order valence-corrected chi connectivity index (χ2v) is 4.17. The van der Waals surface area contributed by atoms with Crippen molar-refractivity contribution in [3.05, 3.63) is 17.5 Å². The lowest BCUT2D eigenvalue weighted by molar-refractivity contribution is -0.143. The van der Waals surface area contributed by atoms with Crippen molar-refractivity contribution in [2.75, 3.05) is 0 Å². The lowest BCUT2D eigenvalue weighted by Crippen LogP contribution is -2.15. The summed E-state index contributed by atoms with van der Waals surface area (Å²) in [7, 11) is 0. The molecule has 7 heteroatoms. The summed E-state index contributed by atoms with van der Waals surface area (Å²) in [6, 6.07) is 0.906. The molecule has 0 saturated heterocycles. The Bertz CT molecular complexity index is 410. The molecule has 0 saturated carbocycles. The van der Waals surface area contributed by atoms with Crippen LogP contribution >= 0.6 is 0 Å². The summed E-state index contributed by atoms with van der Waals surface area (Å²) in [5, 5.41) is 11.9. The van der Waals surface area contributed by atoms with Gasteiger partial charge >= 0.3 is 12.1 Å². The fourth-order valence-electron chi connectivity index (χ4n) is 1.44. The molecule has 0 spiro atoms. The van der Waals surface area contributed by atoms with E-state index >= 15 is 0 Å². The van der Waals surface area contributed by atoms with Crippen molar-refractivity contribution in [3.8, 4) is 0 Å². The molecule has 96 valence electrons. The van der Waals surface area contributed by atoms with Gasteiger partial charge in [-0.1, -0.05) is 13.8 Å². The van der Waals surface area contributed by atoms with E-state index < -0.39 is 24.4 Å². The summed E-state index contributed by atoms with van der Waals surface area (Å²) in [5.74, 6) is -1.09. The maximum Gasteiger partial charge on any atom is 0.435 e. The Kier molecular flexibility index (Phi) is 3.79. The third-order valence-electron chi connectivity index (χ3n) is 2.06. The number of carboxylic acids is 1. The molecule has 17 heavy (non-hydrogen) atoms. The second-order valence-electron chi connectivity index (χ2n) is 4.17. The van der Waals surface area contributed by atoms with Crippen molar-refractivity contribution in [2.24, 2.45) is 5.92 Å². The van der Waals surface area contributed by atoms with Gasteiger partial charge < -0.3 is 5.11 Å². The van der Waals surface area contributed by atoms with Crippen LogP contribution in [-0.4, -0.2) is 20.9 Å². The number of halogens is 3. The van der Waals surface area contributed by atoms with E-state index in [0.717, 1.165) is 10.7 Å². The average Bonchev–Trinajstić information content (AvgIpc) is 2.45. The fraction of sp³-hybridized carbons (Fsp3) is 0.600. The van der Waals surface area contributed by atoms with Crippen LogP contribution in [0.5, 0.6) is 0 Å². The molecule has 0 aliphatic heterocycles. The molecule has 1 N–H and O–H groups in total. The molecule has 1 rings (SSSR count). The average molecular weight is 250 g/mol. The molecule has 0 amide bonds. The molecule has 0 aliphatic rings. The molecule has 0 aliphatic carbocycles. The van der Waals surface area contributed by atoms with Crippen molar-refractivity contribution in [1.82, 2.24) is 9.78 Å². The summed E-state index contributed by atoms with van der Waals surface area (Å²) < 4.78 is 38.2. The zero-order chi connectivity index (χ0) is 13.2. The largest absolute Gasteiger partial charge is 0.480 e. The van der Waals surface area contributed by atoms with E-state index in [0.29, 0.717) is 6.42 Å². The first-order valence-electron chi connectivity index (χ1n) is 5.06. The summed E-state index contributed by atoms with van der Waals surface area (Å²) in [4.78, 5) is 10.5. The van der Waals surface area contributed by atoms with E-state index in [4.69, 9.17) is 5.11 Å². The SMILES string of the molecule is CC(C)Cc1cc(C(F)(F)F)nn1CC(=O)O. The van der Waals surface area contributed by atoms with Crippen LogP contribution in [0.4, 0.5) is 13.2 Å². The number of carboxylic acid groups (broad SMARTS) is 1. The number of carbonyl (C=O) groups is 1. The molecule has 1 aromatic rings. The van der Waals surface area contributed by atoms with Crippen molar-refractivity contribution >= 4 is 5.97 Å². The standard InChI is InChI=1S/C10H13F3N2O2/c1-6(2)3-7-4-8(10(11,12)13)14-15(7)5-9(16)17/h4,6H,3,5H2,1-2H3,(H,16,17). The predicted octanol–water partition coefficient (Wildman–Crippen LogP) is 2.18. The van der Waals surface area contributed by atoms with Gasteiger partial charge in [0.25, 0.3) is 0 Å². The van der Waals surface area contributed by atoms with Crippen LogP contribution in [0, 0.1) is 5.92 Å². The van der Waals surface area contributed by atoms with Gasteiger partial charge in [0.1, 0.15) is 6.54 Å². The minimum Gasteiger partial charge on any atom is -0.480 e. The van der Waals surface area contributed by atoms with Crippen molar-refractivity contribution in [2.45, 2.75) is 33.0 Å². The number of alkyl halides is 3. The minimum absolute atomic E-state index is 0.125. The van der Waals surface area contributed by atoms with Crippen LogP contribution < -0.4 is 0 Å². The second kappa shape index (κ2) is 4.77. The number of nitrogens with zero attached hydrogens (tertiary/aromatic N) is 2. The zero-order valence-corrected chi connectivity index (χ0v) is 9.45. The van der Waals surface area contributed by atoms with Crippen LogP contribution in [0.1, 0.15) is 25.2 Å². The molecule has 0 atom stereocenters. The smallest absolute Gasteiger partial charge is 0.435 e. The normalized spacial score (nSPS) is 12.1. The third kappa shape index (κ3) is 3.76. The van der Waals surface area contributed by atoms with E-state index in [9.17, 15) is 18.0 Å². The van der Waals surface area contributed by atoms with Gasteiger partial charge in [-0.2, -0.15) is 18.3 Å². The van der Waals surface area contributed by atoms with Gasteiger partial charge in [0.15, 0.2) is 5.69 Å². The Labute approximate surface area is 96.0 Å². The molecule has 0 radical (unpaired) electrons. The Morgan fingerprint density at radius 2 is 2.12 bits per heavy atom. The summed E-state index contributed by atoms with van der Waals surface area (Å²) in [5.41, 5.74) is -0.760. The van der Waals surface area contributed by atoms with Crippen molar-refractivity contribution in [1.29, 1.82) is 0 Å². The van der Waals surface area contributed by atoms with E-state index in [2.05, 4.69) is 5.10 Å². The maximum atomic E-state index is 12.4. The zero-order valence-electron chi connectivity index (χ0n) is 9.45. The number of aliphatic carboxylic acids is 1. The van der Waals surface area contributed by atoms with Crippen LogP contribution in [0.25, 0.3) is 0 Å². The lowest BCUT2D eigenvalue weighted by Gasteiger charge is -2.06. The molecule has 1 heterocycles. The molecule has 0 aromatic carbocycles. The summed E-state index contributed by atoms with van der Waals surface area (Å²) in [6.07, 6.45) is -4.19. The Hall–Kier alpha value is -1.53. The molecule has 4 nitrogen and oxygen atoms in total. The van der Waals surface area contributed by atoms with Crippen LogP contribution in [0.2, 0.25) is 0 Å². The van der Waals surface area contributed by atoms with Gasteiger partial charge in [0, 0.05) is 5.69 Å². The molecule has 0 bridgehead atoms. The molecular weight excluding hydrogens is 237 g/mol. The van der Waals surface area contributed by atoms with Crippen molar-refractivity contribution in [3.63, 3.8) is 0 Å². The molecule has 1 aromatic heterocycles. The van der Waals surface area contributed by atoms with Crippen LogP contribution in [0.15, 0.2) is 6.07 Å². The number of aromatic nitrogens is 2. The van der Waals surface area contributed by atoms with E-state index in [1.807, 2.05) is 13.8 Å². The monoisotopic (exact) mass is 250 g/mol. The van der Waals surface area contributed by atoms with Gasteiger partial charge in [-0.3, -0.25) is 9.48 Å². The lowest BCUT2D eigenvalue weighted by atomic mass is 10.1. The summed E-state index contributed by atoms with van der Waals surface area (Å²) >= 11 is 0. The minimum atomic E-state index is -4.55. The molecule has 0 fully saturated rings. The summed E-state index contributed by atoms with van der Waals surface area (Å²) in [6.45, 7) is 3.12. The third-order valence-corrected chi connectivity index (χ3v) is 2.06. The van der Waals surface area contributed by atoms with Gasteiger partial charge in [-0.05, 0) is 18.4 Å². The topological polar surface area (TPSA) is 55.1 Å². The van der Waals surface area contributed by atoms with Crippen molar-refractivity contribution < 1.29 is 23.1 Å². The number of hydrogen-bond acceptors (Lipinski definition) is 2. The highest BCUT2D eigenvalue weighted by Crippen LogP contribution is 2.29. The van der Waals surface area contributed by atoms with E-state index in [1.54, 1.807) is 0 Å². The van der Waals surface area contributed by atoms with Crippen LogP contribution in [0.3, 0.4) is 0 Å². The first-order chi connectivity index (χ1) is 7.70. The molecular formula is C10H13F3N2O2. The number of rotatable bonds is 4. The maximum absolute atomic E-state index is 12.4. The van der Waals surface area contributed by atoms with E-state index in [-0.39, 0.29) is 11.6 Å². The molecule has 0 unspecified atom stereocenters. The quantitative estimate of drug-likeness (QED) is 0.891. The fourth-order valence-corrected chi connectivity index (χ4v) is 1.44. The first kappa shape index (κ1) is 13.5. The Morgan fingerprint density at radius 1 is 1.53 bits per heavy atom. The van der Waals surface area contributed by atoms with Gasteiger partial charge in [0.2, 0.25) is 0 Å². The van der Waals surface area contributed by atoms with Gasteiger partial charge in [0.05, 0.1) is 0 Å². The predicted molar refractivity (Wildman–Crippen MR) is 53.4 cm³/mol. The first-order valence-corrected chi connectivity index (χ1v) is 5.06.